The van der Waals surface area contributed by atoms with Crippen molar-refractivity contribution in [3.63, 3.8) is 0 Å². The molecule has 1 amide bonds. The number of carbonyl (C=O) groups is 1. The summed E-state index contributed by atoms with van der Waals surface area (Å²) in [5, 5.41) is 0.886. The summed E-state index contributed by atoms with van der Waals surface area (Å²) in [5.41, 5.74) is 0.726. The Labute approximate surface area is 197 Å². The van der Waals surface area contributed by atoms with Crippen molar-refractivity contribution in [2.75, 3.05) is 14.1 Å². The Balaban J connectivity index is 2.10. The second kappa shape index (κ2) is 8.58. The van der Waals surface area contributed by atoms with Gasteiger partial charge in [0.05, 0.1) is 32.5 Å². The molecule has 6 nitrogen and oxygen atoms in total. The van der Waals surface area contributed by atoms with Crippen LogP contribution in [0.5, 0.6) is 0 Å². The first-order valence-corrected chi connectivity index (χ1v) is 11.3. The van der Waals surface area contributed by atoms with Crippen LogP contribution >= 0.6 is 34.5 Å². The number of halogens is 2. The van der Waals surface area contributed by atoms with Crippen LogP contribution in [0.4, 0.5) is 0 Å². The van der Waals surface area contributed by atoms with Crippen LogP contribution in [0.1, 0.15) is 20.8 Å². The first-order valence-electron chi connectivity index (χ1n) is 9.70. The van der Waals surface area contributed by atoms with Crippen LogP contribution in [-0.4, -0.2) is 34.0 Å². The molecule has 9 heteroatoms. The molecule has 32 heavy (non-hydrogen) atoms. The van der Waals surface area contributed by atoms with Crippen LogP contribution in [-0.2, 0) is 6.54 Å². The number of benzene rings is 2. The van der Waals surface area contributed by atoms with E-state index in [1.807, 2.05) is 30.3 Å². The summed E-state index contributed by atoms with van der Waals surface area (Å²) in [6.07, 6.45) is 0. The standard InChI is InChI=1S/C23H19Cl2N3O3S/c1-13-18-20(29)28(15-9-10-16(24)17(25)11-15)23(31)27(12-14-7-5-4-6-8-14)22(18)32-19(13)21(30)26(2)3/h4-11H,12H2,1-3H3. The van der Waals surface area contributed by atoms with E-state index in [0.717, 1.165) is 21.5 Å². The van der Waals surface area contributed by atoms with Gasteiger partial charge in [-0.2, -0.15) is 0 Å². The second-order valence-electron chi connectivity index (χ2n) is 7.53. The highest BCUT2D eigenvalue weighted by molar-refractivity contribution is 7.20. The second-order valence-corrected chi connectivity index (χ2v) is 9.34. The Morgan fingerprint density at radius 3 is 2.34 bits per heavy atom. The molecule has 0 aliphatic carbocycles. The third-order valence-electron chi connectivity index (χ3n) is 5.16. The minimum absolute atomic E-state index is 0.220. The highest BCUT2D eigenvalue weighted by Crippen LogP contribution is 2.30. The Morgan fingerprint density at radius 1 is 1.03 bits per heavy atom. The number of hydrogen-bond donors (Lipinski definition) is 0. The lowest BCUT2D eigenvalue weighted by atomic mass is 10.2. The smallest absolute Gasteiger partial charge is 0.337 e. The third-order valence-corrected chi connectivity index (χ3v) is 7.20. The molecular weight excluding hydrogens is 469 g/mol. The lowest BCUT2D eigenvalue weighted by Crippen LogP contribution is -2.38. The van der Waals surface area contributed by atoms with E-state index in [4.69, 9.17) is 23.2 Å². The van der Waals surface area contributed by atoms with E-state index in [1.54, 1.807) is 27.1 Å². The van der Waals surface area contributed by atoms with Crippen LogP contribution < -0.4 is 11.2 Å². The molecule has 0 fully saturated rings. The fourth-order valence-corrected chi connectivity index (χ4v) is 5.12. The summed E-state index contributed by atoms with van der Waals surface area (Å²) >= 11 is 13.4. The number of aryl methyl sites for hydroxylation is 1. The largest absolute Gasteiger partial charge is 0.344 e. The van der Waals surface area contributed by atoms with Gasteiger partial charge in [0.2, 0.25) is 0 Å². The Hall–Kier alpha value is -2.87. The summed E-state index contributed by atoms with van der Waals surface area (Å²) in [5.74, 6) is -0.220. The lowest BCUT2D eigenvalue weighted by Gasteiger charge is -2.13. The van der Waals surface area contributed by atoms with Crippen molar-refractivity contribution < 1.29 is 4.79 Å². The van der Waals surface area contributed by atoms with Crippen LogP contribution in [0.15, 0.2) is 58.1 Å². The molecular formula is C23H19Cl2N3O3S. The molecule has 0 bridgehead atoms. The zero-order chi connectivity index (χ0) is 23.2. The highest BCUT2D eigenvalue weighted by Gasteiger charge is 2.24. The fraction of sp³-hybridized carbons (Fsp3) is 0.174. The van der Waals surface area contributed by atoms with E-state index in [1.165, 1.54) is 21.6 Å². The number of thiophene rings is 1. The molecule has 0 unspecified atom stereocenters. The van der Waals surface area contributed by atoms with E-state index in [-0.39, 0.29) is 17.5 Å². The first kappa shape index (κ1) is 22.3. The van der Waals surface area contributed by atoms with Gasteiger partial charge in [0.1, 0.15) is 4.83 Å². The molecule has 2 aromatic carbocycles. The van der Waals surface area contributed by atoms with Crippen molar-refractivity contribution in [2.45, 2.75) is 13.5 Å². The van der Waals surface area contributed by atoms with Gasteiger partial charge in [-0.15, -0.1) is 11.3 Å². The third kappa shape index (κ3) is 3.77. The van der Waals surface area contributed by atoms with Crippen molar-refractivity contribution in [2.24, 2.45) is 0 Å². The van der Waals surface area contributed by atoms with Gasteiger partial charge in [-0.3, -0.25) is 14.2 Å². The summed E-state index contributed by atoms with van der Waals surface area (Å²) in [6.45, 7) is 1.97. The van der Waals surface area contributed by atoms with E-state index >= 15 is 0 Å². The highest BCUT2D eigenvalue weighted by atomic mass is 35.5. The predicted molar refractivity (Wildman–Crippen MR) is 130 cm³/mol. The van der Waals surface area contributed by atoms with Crippen molar-refractivity contribution in [3.05, 3.63) is 95.4 Å². The van der Waals surface area contributed by atoms with Gasteiger partial charge in [0, 0.05) is 14.1 Å². The molecule has 4 aromatic rings. The Morgan fingerprint density at radius 2 is 1.72 bits per heavy atom. The first-order chi connectivity index (χ1) is 15.2. The fourth-order valence-electron chi connectivity index (χ4n) is 3.51. The van der Waals surface area contributed by atoms with E-state index in [9.17, 15) is 14.4 Å². The number of carbonyl (C=O) groups excluding carboxylic acids is 1. The average molecular weight is 488 g/mol. The van der Waals surface area contributed by atoms with E-state index in [2.05, 4.69) is 0 Å². The molecule has 0 saturated carbocycles. The maximum atomic E-state index is 13.6. The van der Waals surface area contributed by atoms with Crippen LogP contribution in [0.25, 0.3) is 15.9 Å². The van der Waals surface area contributed by atoms with Crippen molar-refractivity contribution in [3.8, 4) is 5.69 Å². The summed E-state index contributed by atoms with van der Waals surface area (Å²) < 4.78 is 2.61. The molecule has 0 spiro atoms. The Kier molecular flexibility index (Phi) is 5.99. The monoisotopic (exact) mass is 487 g/mol. The minimum Gasteiger partial charge on any atom is -0.344 e. The van der Waals surface area contributed by atoms with Crippen molar-refractivity contribution in [1.82, 2.24) is 14.0 Å². The molecule has 2 aromatic heterocycles. The average Bonchev–Trinajstić information content (AvgIpc) is 3.11. The van der Waals surface area contributed by atoms with Crippen molar-refractivity contribution >= 4 is 50.7 Å². The summed E-state index contributed by atoms with van der Waals surface area (Å²) in [4.78, 5) is 42.2. The van der Waals surface area contributed by atoms with Gasteiger partial charge in [0.15, 0.2) is 0 Å². The zero-order valence-electron chi connectivity index (χ0n) is 17.6. The SMILES string of the molecule is Cc1c(C(=O)N(C)C)sc2c1c(=O)n(-c1ccc(Cl)c(Cl)c1)c(=O)n2Cc1ccccc1. The Bertz CT molecular complexity index is 1470. The van der Waals surface area contributed by atoms with E-state index in [0.29, 0.717) is 31.4 Å². The van der Waals surface area contributed by atoms with Gasteiger partial charge in [-0.1, -0.05) is 53.5 Å². The summed E-state index contributed by atoms with van der Waals surface area (Å²) in [6, 6.07) is 14.1. The molecule has 0 aliphatic heterocycles. The topological polar surface area (TPSA) is 64.3 Å². The van der Waals surface area contributed by atoms with Gasteiger partial charge in [-0.05, 0) is 36.2 Å². The minimum atomic E-state index is -0.519. The van der Waals surface area contributed by atoms with Crippen LogP contribution in [0.2, 0.25) is 10.0 Å². The molecule has 2 heterocycles. The van der Waals surface area contributed by atoms with Gasteiger partial charge >= 0.3 is 5.69 Å². The van der Waals surface area contributed by atoms with Gasteiger partial charge < -0.3 is 4.90 Å². The maximum Gasteiger partial charge on any atom is 0.337 e. The molecule has 0 saturated heterocycles. The molecule has 0 aliphatic rings. The predicted octanol–water partition coefficient (Wildman–Crippen LogP) is 4.58. The molecule has 4 rings (SSSR count). The quantitative estimate of drug-likeness (QED) is 0.423. The lowest BCUT2D eigenvalue weighted by molar-refractivity contribution is 0.0831. The normalized spacial score (nSPS) is 11.2. The van der Waals surface area contributed by atoms with Gasteiger partial charge in [0.25, 0.3) is 11.5 Å². The number of aromatic nitrogens is 2. The number of amides is 1. The molecule has 0 radical (unpaired) electrons. The van der Waals surface area contributed by atoms with Crippen LogP contribution in [0.3, 0.4) is 0 Å². The zero-order valence-corrected chi connectivity index (χ0v) is 19.9. The van der Waals surface area contributed by atoms with E-state index < -0.39 is 11.2 Å². The number of nitrogens with zero attached hydrogens (tertiary/aromatic N) is 3. The van der Waals surface area contributed by atoms with Gasteiger partial charge in [-0.25, -0.2) is 9.36 Å². The van der Waals surface area contributed by atoms with Crippen LogP contribution in [0, 0.1) is 6.92 Å². The molecule has 0 atom stereocenters. The molecule has 164 valence electrons. The van der Waals surface area contributed by atoms with Crippen molar-refractivity contribution in [1.29, 1.82) is 0 Å². The number of hydrogen-bond acceptors (Lipinski definition) is 4. The number of fused-ring (bicyclic) bond motifs is 1. The maximum absolute atomic E-state index is 13.6. The summed E-state index contributed by atoms with van der Waals surface area (Å²) in [7, 11) is 3.30. The number of rotatable bonds is 4. The molecule has 0 N–H and O–H groups in total.